The minimum Gasteiger partial charge on any atom is -0.394 e. The van der Waals surface area contributed by atoms with Crippen LogP contribution in [0.4, 0.5) is 5.69 Å². The number of aliphatic hydroxyl groups is 2. The van der Waals surface area contributed by atoms with E-state index in [4.69, 9.17) is 11.6 Å². The lowest BCUT2D eigenvalue weighted by Crippen LogP contribution is -2.42. The highest BCUT2D eigenvalue weighted by Crippen LogP contribution is 2.33. The monoisotopic (exact) mass is 269 g/mol. The van der Waals surface area contributed by atoms with Gasteiger partial charge < -0.3 is 15.1 Å². The minimum atomic E-state index is -0.508. The van der Waals surface area contributed by atoms with E-state index in [0.717, 1.165) is 37.1 Å². The van der Waals surface area contributed by atoms with E-state index in [0.29, 0.717) is 5.02 Å². The second kappa shape index (κ2) is 5.91. The summed E-state index contributed by atoms with van der Waals surface area (Å²) in [5, 5.41) is 19.6. The maximum absolute atomic E-state index is 9.54. The lowest BCUT2D eigenvalue weighted by molar-refractivity contribution is 0.199. The molecule has 1 aliphatic heterocycles. The van der Waals surface area contributed by atoms with Crippen LogP contribution in [-0.2, 0) is 0 Å². The predicted octanol–water partition coefficient (Wildman–Crippen LogP) is 2.74. The summed E-state index contributed by atoms with van der Waals surface area (Å²) in [7, 11) is 0. The fraction of sp³-hybridized carbons (Fsp3) is 0.571. The molecule has 18 heavy (non-hydrogen) atoms. The van der Waals surface area contributed by atoms with Crippen LogP contribution in [0.3, 0.4) is 0 Å². The molecule has 1 saturated heterocycles. The number of benzene rings is 1. The molecule has 0 radical (unpaired) electrons. The molecule has 0 spiro atoms. The maximum Gasteiger partial charge on any atom is 0.0762 e. The van der Waals surface area contributed by atoms with Gasteiger partial charge in [0.05, 0.1) is 29.5 Å². The van der Waals surface area contributed by atoms with E-state index in [9.17, 15) is 10.2 Å². The molecule has 3 nitrogen and oxygen atoms in total. The molecular weight excluding hydrogens is 250 g/mol. The van der Waals surface area contributed by atoms with Crippen molar-refractivity contribution in [3.05, 3.63) is 28.8 Å². The largest absolute Gasteiger partial charge is 0.394 e. The van der Waals surface area contributed by atoms with Crippen molar-refractivity contribution >= 4 is 17.3 Å². The van der Waals surface area contributed by atoms with Gasteiger partial charge >= 0.3 is 0 Å². The molecular formula is C14H20ClNO2. The topological polar surface area (TPSA) is 43.7 Å². The van der Waals surface area contributed by atoms with Gasteiger partial charge in [-0.3, -0.25) is 0 Å². The summed E-state index contributed by atoms with van der Waals surface area (Å²) in [6, 6.07) is 5.81. The van der Waals surface area contributed by atoms with Crippen molar-refractivity contribution in [3.63, 3.8) is 0 Å². The number of aliphatic hydroxyl groups excluding tert-OH is 2. The van der Waals surface area contributed by atoms with Crippen molar-refractivity contribution in [2.45, 2.75) is 38.3 Å². The van der Waals surface area contributed by atoms with Gasteiger partial charge in [0.2, 0.25) is 0 Å². The van der Waals surface area contributed by atoms with Crippen LogP contribution in [0, 0.1) is 0 Å². The van der Waals surface area contributed by atoms with Gasteiger partial charge in [-0.2, -0.15) is 0 Å². The van der Waals surface area contributed by atoms with Crippen molar-refractivity contribution < 1.29 is 10.2 Å². The molecule has 0 amide bonds. The van der Waals surface area contributed by atoms with E-state index < -0.39 is 6.10 Å². The van der Waals surface area contributed by atoms with E-state index >= 15 is 0 Å². The smallest absolute Gasteiger partial charge is 0.0762 e. The zero-order valence-electron chi connectivity index (χ0n) is 10.6. The normalized spacial score (nSPS) is 22.0. The first-order chi connectivity index (χ1) is 8.63. The molecule has 1 heterocycles. The highest BCUT2D eigenvalue weighted by Gasteiger charge is 2.23. The average molecular weight is 270 g/mol. The fourth-order valence-electron chi connectivity index (χ4n) is 2.52. The lowest BCUT2D eigenvalue weighted by atomic mass is 10.0. The second-order valence-corrected chi connectivity index (χ2v) is 5.32. The van der Waals surface area contributed by atoms with Gasteiger partial charge in [-0.25, -0.2) is 0 Å². The molecule has 0 aromatic heterocycles. The number of hydrogen-bond acceptors (Lipinski definition) is 3. The third kappa shape index (κ3) is 2.79. The maximum atomic E-state index is 9.54. The molecule has 1 unspecified atom stereocenters. The summed E-state index contributed by atoms with van der Waals surface area (Å²) in [6.07, 6.45) is 2.78. The summed E-state index contributed by atoms with van der Waals surface area (Å²) in [6.45, 7) is 2.82. The number of rotatable bonds is 3. The first-order valence-electron chi connectivity index (χ1n) is 6.48. The van der Waals surface area contributed by atoms with E-state index in [1.165, 1.54) is 0 Å². The van der Waals surface area contributed by atoms with Gasteiger partial charge in [0.1, 0.15) is 0 Å². The average Bonchev–Trinajstić information content (AvgIpc) is 2.38. The highest BCUT2D eigenvalue weighted by molar-refractivity contribution is 6.33. The van der Waals surface area contributed by atoms with E-state index in [1.807, 2.05) is 18.2 Å². The summed E-state index contributed by atoms with van der Waals surface area (Å²) in [4.78, 5) is 2.18. The van der Waals surface area contributed by atoms with Crippen LogP contribution in [-0.4, -0.2) is 29.4 Å². The van der Waals surface area contributed by atoms with Crippen LogP contribution in [0.15, 0.2) is 18.2 Å². The van der Waals surface area contributed by atoms with Gasteiger partial charge in [-0.1, -0.05) is 17.7 Å². The van der Waals surface area contributed by atoms with E-state index in [-0.39, 0.29) is 12.6 Å². The Morgan fingerprint density at radius 2 is 2.22 bits per heavy atom. The number of nitrogens with zero attached hydrogens (tertiary/aromatic N) is 1. The quantitative estimate of drug-likeness (QED) is 0.887. The molecule has 2 N–H and O–H groups in total. The third-order valence-electron chi connectivity index (χ3n) is 3.60. The first kappa shape index (κ1) is 13.7. The minimum absolute atomic E-state index is 0.161. The van der Waals surface area contributed by atoms with Crippen LogP contribution in [0.25, 0.3) is 0 Å². The second-order valence-electron chi connectivity index (χ2n) is 4.91. The Morgan fingerprint density at radius 3 is 2.83 bits per heavy atom. The Kier molecular flexibility index (Phi) is 4.49. The predicted molar refractivity (Wildman–Crippen MR) is 74.2 cm³/mol. The van der Waals surface area contributed by atoms with Crippen molar-refractivity contribution in [1.29, 1.82) is 0 Å². The number of anilines is 1. The molecule has 4 heteroatoms. The Morgan fingerprint density at radius 1 is 1.44 bits per heavy atom. The van der Waals surface area contributed by atoms with E-state index in [1.54, 1.807) is 6.92 Å². The van der Waals surface area contributed by atoms with Crippen LogP contribution in [0.1, 0.15) is 37.9 Å². The summed E-state index contributed by atoms with van der Waals surface area (Å²) in [5.41, 5.74) is 1.78. The zero-order valence-corrected chi connectivity index (χ0v) is 11.4. The Balaban J connectivity index is 2.26. The van der Waals surface area contributed by atoms with Crippen LogP contribution < -0.4 is 4.90 Å². The van der Waals surface area contributed by atoms with Crippen LogP contribution in [0.5, 0.6) is 0 Å². The molecule has 0 aliphatic carbocycles. The molecule has 1 fully saturated rings. The van der Waals surface area contributed by atoms with Gasteiger partial charge in [-0.15, -0.1) is 0 Å². The molecule has 1 aliphatic rings. The third-order valence-corrected chi connectivity index (χ3v) is 3.90. The SMILES string of the molecule is C[C@H](O)c1ccc(N2CCCCC2CO)c(Cl)c1. The van der Waals surface area contributed by atoms with Crippen LogP contribution >= 0.6 is 11.6 Å². The molecule has 1 aromatic carbocycles. The number of halogens is 1. The van der Waals surface area contributed by atoms with Crippen LogP contribution in [0.2, 0.25) is 5.02 Å². The summed E-state index contributed by atoms with van der Waals surface area (Å²) >= 11 is 6.29. The van der Waals surface area contributed by atoms with Crippen molar-refractivity contribution in [2.75, 3.05) is 18.1 Å². The number of piperidine rings is 1. The molecule has 100 valence electrons. The van der Waals surface area contributed by atoms with Gasteiger partial charge in [-0.05, 0) is 43.9 Å². The molecule has 0 bridgehead atoms. The van der Waals surface area contributed by atoms with E-state index in [2.05, 4.69) is 4.90 Å². The van der Waals surface area contributed by atoms with Crippen molar-refractivity contribution in [1.82, 2.24) is 0 Å². The zero-order chi connectivity index (χ0) is 13.1. The Hall–Kier alpha value is -0.770. The van der Waals surface area contributed by atoms with Gasteiger partial charge in [0.25, 0.3) is 0 Å². The fourth-order valence-corrected chi connectivity index (χ4v) is 2.82. The van der Waals surface area contributed by atoms with Crippen molar-refractivity contribution in [2.24, 2.45) is 0 Å². The van der Waals surface area contributed by atoms with Gasteiger partial charge in [0.15, 0.2) is 0 Å². The molecule has 2 rings (SSSR count). The first-order valence-corrected chi connectivity index (χ1v) is 6.86. The molecule has 2 atom stereocenters. The number of hydrogen-bond donors (Lipinski definition) is 2. The van der Waals surface area contributed by atoms with Crippen molar-refractivity contribution in [3.8, 4) is 0 Å². The highest BCUT2D eigenvalue weighted by atomic mass is 35.5. The summed E-state index contributed by atoms with van der Waals surface area (Å²) in [5.74, 6) is 0. The summed E-state index contributed by atoms with van der Waals surface area (Å²) < 4.78 is 0. The molecule has 0 saturated carbocycles. The Labute approximate surface area is 113 Å². The lowest BCUT2D eigenvalue weighted by Gasteiger charge is -2.37. The molecule has 1 aromatic rings. The van der Waals surface area contributed by atoms with Gasteiger partial charge in [0, 0.05) is 6.54 Å². The Bertz CT molecular complexity index is 409. The standard InChI is InChI=1S/C14H20ClNO2/c1-10(18)11-5-6-14(13(15)8-11)16-7-3-2-4-12(16)9-17/h5-6,8,10,12,17-18H,2-4,7,9H2,1H3/t10-,12?/m0/s1.